The Balaban J connectivity index is 1.89. The van der Waals surface area contributed by atoms with Gasteiger partial charge in [0.05, 0.1) is 19.2 Å². The standard InChI is InChI=1S/C14H13ClN4O2S/c1-19-11-4-3-8(16-6-9-7-17-14(15)22-9)5-10(11)12(18-19)13(20)21-2/h3-5,7,16H,6H2,1-2H3. The van der Waals surface area contributed by atoms with E-state index in [0.717, 1.165) is 21.5 Å². The SMILES string of the molecule is COC(=O)c1nn(C)c2ccc(NCc3cnc(Cl)s3)cc12. The first-order chi connectivity index (χ1) is 10.6. The third kappa shape index (κ3) is 2.77. The number of ether oxygens (including phenoxy) is 1. The van der Waals surface area contributed by atoms with Gasteiger partial charge in [-0.3, -0.25) is 4.68 Å². The van der Waals surface area contributed by atoms with Crippen molar-refractivity contribution < 1.29 is 9.53 Å². The predicted molar refractivity (Wildman–Crippen MR) is 86.5 cm³/mol. The van der Waals surface area contributed by atoms with E-state index in [1.165, 1.54) is 18.4 Å². The second kappa shape index (κ2) is 5.94. The maximum atomic E-state index is 11.8. The molecule has 0 amide bonds. The van der Waals surface area contributed by atoms with E-state index in [1.54, 1.807) is 17.9 Å². The van der Waals surface area contributed by atoms with Gasteiger partial charge in [-0.15, -0.1) is 11.3 Å². The monoisotopic (exact) mass is 336 g/mol. The molecule has 114 valence electrons. The van der Waals surface area contributed by atoms with Crippen LogP contribution >= 0.6 is 22.9 Å². The van der Waals surface area contributed by atoms with Crippen LogP contribution in [0.2, 0.25) is 4.47 Å². The van der Waals surface area contributed by atoms with Crippen molar-refractivity contribution in [3.8, 4) is 0 Å². The summed E-state index contributed by atoms with van der Waals surface area (Å²) in [4.78, 5) is 16.8. The molecule has 22 heavy (non-hydrogen) atoms. The first-order valence-corrected chi connectivity index (χ1v) is 7.67. The number of aromatic nitrogens is 3. The van der Waals surface area contributed by atoms with Gasteiger partial charge in [-0.2, -0.15) is 5.10 Å². The molecule has 0 aliphatic rings. The van der Waals surface area contributed by atoms with Gasteiger partial charge in [-0.1, -0.05) is 11.6 Å². The smallest absolute Gasteiger partial charge is 0.359 e. The number of benzene rings is 1. The van der Waals surface area contributed by atoms with Gasteiger partial charge in [-0.25, -0.2) is 9.78 Å². The highest BCUT2D eigenvalue weighted by molar-refractivity contribution is 7.15. The third-order valence-corrected chi connectivity index (χ3v) is 4.34. The second-order valence-corrected chi connectivity index (χ2v) is 6.33. The Morgan fingerprint density at radius 3 is 3.00 bits per heavy atom. The van der Waals surface area contributed by atoms with E-state index < -0.39 is 5.97 Å². The summed E-state index contributed by atoms with van der Waals surface area (Å²) in [5.41, 5.74) is 2.06. The van der Waals surface area contributed by atoms with Gasteiger partial charge in [-0.05, 0) is 18.2 Å². The molecule has 0 atom stereocenters. The predicted octanol–water partition coefficient (Wildman–Crippen LogP) is 3.08. The summed E-state index contributed by atoms with van der Waals surface area (Å²) < 4.78 is 6.96. The number of fused-ring (bicyclic) bond motifs is 1. The van der Waals surface area contributed by atoms with Crippen LogP contribution in [-0.4, -0.2) is 27.8 Å². The molecule has 0 aliphatic heterocycles. The second-order valence-electron chi connectivity index (χ2n) is 4.63. The summed E-state index contributed by atoms with van der Waals surface area (Å²) in [7, 11) is 3.14. The molecular formula is C14H13ClN4O2S. The number of halogens is 1. The zero-order chi connectivity index (χ0) is 15.7. The summed E-state index contributed by atoms with van der Waals surface area (Å²) in [5, 5.41) is 8.25. The normalized spacial score (nSPS) is 10.9. The lowest BCUT2D eigenvalue weighted by Gasteiger charge is -2.05. The van der Waals surface area contributed by atoms with Crippen LogP contribution in [0.1, 0.15) is 15.4 Å². The molecule has 0 saturated carbocycles. The molecular weight excluding hydrogens is 324 g/mol. The zero-order valence-corrected chi connectivity index (χ0v) is 13.5. The lowest BCUT2D eigenvalue weighted by atomic mass is 10.2. The Hall–Kier alpha value is -2.12. The van der Waals surface area contributed by atoms with Crippen LogP contribution in [0, 0.1) is 0 Å². The largest absolute Gasteiger partial charge is 0.464 e. The fourth-order valence-corrected chi connectivity index (χ4v) is 3.10. The van der Waals surface area contributed by atoms with Crippen molar-refractivity contribution >= 4 is 45.5 Å². The molecule has 6 nitrogen and oxygen atoms in total. The summed E-state index contributed by atoms with van der Waals surface area (Å²) in [6.45, 7) is 0.615. The first-order valence-electron chi connectivity index (χ1n) is 6.47. The number of nitrogens with zero attached hydrogens (tertiary/aromatic N) is 3. The number of hydrogen-bond donors (Lipinski definition) is 1. The zero-order valence-electron chi connectivity index (χ0n) is 12.0. The van der Waals surface area contributed by atoms with Crippen molar-refractivity contribution in [3.63, 3.8) is 0 Å². The van der Waals surface area contributed by atoms with Gasteiger partial charge in [0.2, 0.25) is 0 Å². The number of thiazole rings is 1. The highest BCUT2D eigenvalue weighted by Gasteiger charge is 2.16. The van der Waals surface area contributed by atoms with Crippen LogP contribution in [0.15, 0.2) is 24.4 Å². The fourth-order valence-electron chi connectivity index (χ4n) is 2.18. The van der Waals surface area contributed by atoms with Gasteiger partial charge < -0.3 is 10.1 Å². The average molecular weight is 337 g/mol. The average Bonchev–Trinajstić information content (AvgIpc) is 3.08. The maximum Gasteiger partial charge on any atom is 0.359 e. The maximum absolute atomic E-state index is 11.8. The fraction of sp³-hybridized carbons (Fsp3) is 0.214. The molecule has 3 aromatic rings. The minimum absolute atomic E-state index is 0.310. The Morgan fingerprint density at radius 1 is 1.50 bits per heavy atom. The molecule has 8 heteroatoms. The van der Waals surface area contributed by atoms with E-state index in [1.807, 2.05) is 18.2 Å². The highest BCUT2D eigenvalue weighted by Crippen LogP contribution is 2.24. The van der Waals surface area contributed by atoms with Crippen molar-refractivity contribution in [2.45, 2.75) is 6.54 Å². The lowest BCUT2D eigenvalue weighted by molar-refractivity contribution is 0.0595. The molecule has 0 aliphatic carbocycles. The summed E-state index contributed by atoms with van der Waals surface area (Å²) in [6, 6.07) is 5.74. The number of carbonyl (C=O) groups excluding carboxylic acids is 1. The summed E-state index contributed by atoms with van der Waals surface area (Å²) in [5.74, 6) is -0.447. The van der Waals surface area contributed by atoms with Crippen molar-refractivity contribution in [2.24, 2.45) is 7.05 Å². The molecule has 0 bridgehead atoms. The highest BCUT2D eigenvalue weighted by atomic mass is 35.5. The quantitative estimate of drug-likeness (QED) is 0.741. The van der Waals surface area contributed by atoms with Gasteiger partial charge in [0, 0.05) is 29.2 Å². The van der Waals surface area contributed by atoms with E-state index in [-0.39, 0.29) is 0 Å². The molecule has 0 saturated heterocycles. The molecule has 1 N–H and O–H groups in total. The molecule has 2 heterocycles. The van der Waals surface area contributed by atoms with E-state index in [4.69, 9.17) is 16.3 Å². The molecule has 0 fully saturated rings. The Labute approximate surface area is 135 Å². The minimum Gasteiger partial charge on any atom is -0.464 e. The Bertz CT molecular complexity index is 843. The number of anilines is 1. The Kier molecular flexibility index (Phi) is 4.00. The van der Waals surface area contributed by atoms with E-state index in [0.29, 0.717) is 16.7 Å². The van der Waals surface area contributed by atoms with Crippen molar-refractivity contribution in [2.75, 3.05) is 12.4 Å². The molecule has 2 aromatic heterocycles. The van der Waals surface area contributed by atoms with Crippen molar-refractivity contribution in [1.82, 2.24) is 14.8 Å². The number of methoxy groups -OCH3 is 1. The number of esters is 1. The first kappa shape index (κ1) is 14.8. The van der Waals surface area contributed by atoms with Gasteiger partial charge in [0.15, 0.2) is 10.2 Å². The van der Waals surface area contributed by atoms with Crippen LogP contribution in [0.25, 0.3) is 10.9 Å². The van der Waals surface area contributed by atoms with Crippen LogP contribution in [0.5, 0.6) is 0 Å². The van der Waals surface area contributed by atoms with E-state index in [9.17, 15) is 4.79 Å². The van der Waals surface area contributed by atoms with Crippen LogP contribution < -0.4 is 5.32 Å². The van der Waals surface area contributed by atoms with Crippen LogP contribution in [-0.2, 0) is 18.3 Å². The van der Waals surface area contributed by atoms with E-state index >= 15 is 0 Å². The molecule has 0 spiro atoms. The summed E-state index contributed by atoms with van der Waals surface area (Å²) >= 11 is 7.24. The van der Waals surface area contributed by atoms with Crippen LogP contribution in [0.3, 0.4) is 0 Å². The number of hydrogen-bond acceptors (Lipinski definition) is 6. The van der Waals surface area contributed by atoms with Gasteiger partial charge >= 0.3 is 5.97 Å². The minimum atomic E-state index is -0.447. The molecule has 3 rings (SSSR count). The number of rotatable bonds is 4. The van der Waals surface area contributed by atoms with E-state index in [2.05, 4.69) is 15.4 Å². The number of aryl methyl sites for hydroxylation is 1. The van der Waals surface area contributed by atoms with Crippen molar-refractivity contribution in [3.05, 3.63) is 39.4 Å². The third-order valence-electron chi connectivity index (χ3n) is 3.22. The molecule has 1 aromatic carbocycles. The van der Waals surface area contributed by atoms with Gasteiger partial charge in [0.25, 0.3) is 0 Å². The van der Waals surface area contributed by atoms with Crippen LogP contribution in [0.4, 0.5) is 5.69 Å². The molecule has 0 radical (unpaired) electrons. The topological polar surface area (TPSA) is 69.0 Å². The van der Waals surface area contributed by atoms with Gasteiger partial charge in [0.1, 0.15) is 0 Å². The lowest BCUT2D eigenvalue weighted by Crippen LogP contribution is -2.03. The van der Waals surface area contributed by atoms with Crippen molar-refractivity contribution in [1.29, 1.82) is 0 Å². The molecule has 0 unspecified atom stereocenters. The number of nitrogens with one attached hydrogen (secondary N) is 1. The number of carbonyl (C=O) groups is 1. The summed E-state index contributed by atoms with van der Waals surface area (Å²) in [6.07, 6.45) is 1.74. The Morgan fingerprint density at radius 2 is 2.32 bits per heavy atom.